The standard InChI is InChI=1S/C11H7BrN2O5S/c12-7-4-13(5-8(9(7)15)14(18)19)3-6-1-2-20-10(6)11(16)17/h1-2,4-5H,3H2,(H,16,17). The average Bonchev–Trinajstić information content (AvgIpc) is 2.81. The Bertz CT molecular complexity index is 752. The zero-order valence-electron chi connectivity index (χ0n) is 9.78. The molecule has 1 N–H and O–H groups in total. The molecule has 0 fully saturated rings. The second-order valence-electron chi connectivity index (χ2n) is 3.83. The van der Waals surface area contributed by atoms with Crippen LogP contribution in [0.25, 0.3) is 0 Å². The van der Waals surface area contributed by atoms with Gasteiger partial charge in [0.15, 0.2) is 0 Å². The van der Waals surface area contributed by atoms with Gasteiger partial charge in [0.05, 0.1) is 15.6 Å². The molecule has 2 aromatic rings. The van der Waals surface area contributed by atoms with Crippen molar-refractivity contribution in [3.8, 4) is 0 Å². The molecule has 0 unspecified atom stereocenters. The molecule has 0 saturated heterocycles. The van der Waals surface area contributed by atoms with E-state index in [1.54, 1.807) is 11.4 Å². The SMILES string of the molecule is O=C(O)c1sccc1Cn1cc(Br)c(=O)c([N+](=O)[O-])c1. The van der Waals surface area contributed by atoms with E-state index >= 15 is 0 Å². The Hall–Kier alpha value is -2.00. The lowest BCUT2D eigenvalue weighted by molar-refractivity contribution is -0.386. The first-order valence-corrected chi connectivity index (χ1v) is 6.91. The largest absolute Gasteiger partial charge is 0.477 e. The number of aromatic carboxylic acids is 1. The third-order valence-corrected chi connectivity index (χ3v) is 4.02. The van der Waals surface area contributed by atoms with Gasteiger partial charge in [0, 0.05) is 12.7 Å². The van der Waals surface area contributed by atoms with Crippen LogP contribution in [0.3, 0.4) is 0 Å². The molecule has 0 radical (unpaired) electrons. The molecule has 0 spiro atoms. The number of carbonyl (C=O) groups is 1. The maximum atomic E-state index is 11.5. The molecule has 104 valence electrons. The van der Waals surface area contributed by atoms with Crippen LogP contribution >= 0.6 is 27.3 Å². The van der Waals surface area contributed by atoms with Crippen LogP contribution in [-0.2, 0) is 6.54 Å². The highest BCUT2D eigenvalue weighted by Gasteiger charge is 2.17. The molecule has 0 amide bonds. The van der Waals surface area contributed by atoms with Gasteiger partial charge in [-0.2, -0.15) is 0 Å². The van der Waals surface area contributed by atoms with E-state index in [-0.39, 0.29) is 15.9 Å². The molecule has 0 aromatic carbocycles. The molecule has 0 aliphatic carbocycles. The first-order chi connectivity index (χ1) is 9.40. The van der Waals surface area contributed by atoms with Gasteiger partial charge in [0.2, 0.25) is 0 Å². The van der Waals surface area contributed by atoms with Gasteiger partial charge < -0.3 is 9.67 Å². The Kier molecular flexibility index (Phi) is 4.00. The van der Waals surface area contributed by atoms with E-state index in [2.05, 4.69) is 15.9 Å². The van der Waals surface area contributed by atoms with Gasteiger partial charge in [0.1, 0.15) is 4.88 Å². The third kappa shape index (κ3) is 2.78. The molecule has 0 aliphatic heterocycles. The summed E-state index contributed by atoms with van der Waals surface area (Å²) in [6, 6.07) is 1.63. The number of carboxylic acids is 1. The summed E-state index contributed by atoms with van der Waals surface area (Å²) in [5, 5.41) is 21.4. The predicted molar refractivity (Wildman–Crippen MR) is 75.4 cm³/mol. The van der Waals surface area contributed by atoms with Crippen molar-refractivity contribution in [3.63, 3.8) is 0 Å². The van der Waals surface area contributed by atoms with Gasteiger partial charge in [-0.3, -0.25) is 14.9 Å². The van der Waals surface area contributed by atoms with Crippen LogP contribution in [0.4, 0.5) is 5.69 Å². The molecule has 2 aromatic heterocycles. The summed E-state index contributed by atoms with van der Waals surface area (Å²) >= 11 is 4.04. The smallest absolute Gasteiger partial charge is 0.346 e. The number of thiophene rings is 1. The highest BCUT2D eigenvalue weighted by molar-refractivity contribution is 9.10. The van der Waals surface area contributed by atoms with Crippen molar-refractivity contribution < 1.29 is 14.8 Å². The van der Waals surface area contributed by atoms with E-state index in [1.807, 2.05) is 0 Å². The van der Waals surface area contributed by atoms with Gasteiger partial charge in [-0.25, -0.2) is 4.79 Å². The predicted octanol–water partition coefficient (Wildman–Crippen LogP) is 2.33. The van der Waals surface area contributed by atoms with Crippen molar-refractivity contribution in [2.75, 3.05) is 0 Å². The van der Waals surface area contributed by atoms with Crippen LogP contribution in [0.2, 0.25) is 0 Å². The first kappa shape index (κ1) is 14.4. The second-order valence-corrected chi connectivity index (χ2v) is 5.60. The van der Waals surface area contributed by atoms with Crippen LogP contribution in [-0.4, -0.2) is 20.6 Å². The summed E-state index contributed by atoms with van der Waals surface area (Å²) in [7, 11) is 0. The highest BCUT2D eigenvalue weighted by Crippen LogP contribution is 2.19. The molecule has 0 bridgehead atoms. The van der Waals surface area contributed by atoms with E-state index < -0.39 is 22.0 Å². The zero-order chi connectivity index (χ0) is 14.9. The van der Waals surface area contributed by atoms with E-state index in [1.165, 1.54) is 10.8 Å². The number of nitro groups is 1. The molecule has 2 rings (SSSR count). The molecular formula is C11H7BrN2O5S. The summed E-state index contributed by atoms with van der Waals surface area (Å²) in [6.07, 6.45) is 2.48. The monoisotopic (exact) mass is 358 g/mol. The summed E-state index contributed by atoms with van der Waals surface area (Å²) in [4.78, 5) is 32.7. The maximum Gasteiger partial charge on any atom is 0.346 e. The lowest BCUT2D eigenvalue weighted by Gasteiger charge is -2.06. The van der Waals surface area contributed by atoms with Crippen LogP contribution in [0.15, 0.2) is 33.1 Å². The minimum absolute atomic E-state index is 0.0544. The van der Waals surface area contributed by atoms with Gasteiger partial charge in [-0.05, 0) is 32.9 Å². The maximum absolute atomic E-state index is 11.5. The Labute approximate surface area is 124 Å². The first-order valence-electron chi connectivity index (χ1n) is 5.23. The molecule has 0 aliphatic rings. The Morgan fingerprint density at radius 1 is 1.50 bits per heavy atom. The van der Waals surface area contributed by atoms with Crippen molar-refractivity contribution in [2.45, 2.75) is 6.54 Å². The number of rotatable bonds is 4. The second kappa shape index (κ2) is 5.55. The Morgan fingerprint density at radius 3 is 2.80 bits per heavy atom. The fourth-order valence-electron chi connectivity index (χ4n) is 1.65. The number of nitrogens with zero attached hydrogens (tertiary/aromatic N) is 2. The normalized spacial score (nSPS) is 10.4. The Morgan fingerprint density at radius 2 is 2.20 bits per heavy atom. The van der Waals surface area contributed by atoms with Crippen molar-refractivity contribution >= 4 is 38.9 Å². The summed E-state index contributed by atoms with van der Waals surface area (Å²) < 4.78 is 1.46. The zero-order valence-corrected chi connectivity index (χ0v) is 12.2. The van der Waals surface area contributed by atoms with Crippen LogP contribution in [0.1, 0.15) is 15.2 Å². The Balaban J connectivity index is 2.44. The molecule has 7 nitrogen and oxygen atoms in total. The number of halogens is 1. The lowest BCUT2D eigenvalue weighted by Crippen LogP contribution is -2.14. The van der Waals surface area contributed by atoms with Gasteiger partial charge in [0.25, 0.3) is 5.43 Å². The quantitative estimate of drug-likeness (QED) is 0.667. The van der Waals surface area contributed by atoms with Crippen molar-refractivity contribution in [1.29, 1.82) is 0 Å². The highest BCUT2D eigenvalue weighted by atomic mass is 79.9. The molecule has 0 atom stereocenters. The minimum atomic E-state index is -1.05. The summed E-state index contributed by atoms with van der Waals surface area (Å²) in [5.74, 6) is -1.05. The fraction of sp³-hybridized carbons (Fsp3) is 0.0909. The van der Waals surface area contributed by atoms with Crippen LogP contribution in [0, 0.1) is 10.1 Å². The number of pyridine rings is 1. The number of carboxylic acid groups (broad SMARTS) is 1. The molecule has 2 heterocycles. The van der Waals surface area contributed by atoms with Crippen molar-refractivity contribution in [1.82, 2.24) is 4.57 Å². The molecule has 0 saturated carbocycles. The number of hydrogen-bond donors (Lipinski definition) is 1. The molecule has 9 heteroatoms. The third-order valence-electron chi connectivity index (χ3n) is 2.51. The van der Waals surface area contributed by atoms with E-state index in [0.717, 1.165) is 17.5 Å². The topological polar surface area (TPSA) is 102 Å². The van der Waals surface area contributed by atoms with E-state index in [4.69, 9.17) is 5.11 Å². The van der Waals surface area contributed by atoms with Crippen molar-refractivity contribution in [2.24, 2.45) is 0 Å². The van der Waals surface area contributed by atoms with Gasteiger partial charge in [-0.1, -0.05) is 0 Å². The van der Waals surface area contributed by atoms with Gasteiger partial charge >= 0.3 is 11.7 Å². The number of aromatic nitrogens is 1. The van der Waals surface area contributed by atoms with E-state index in [9.17, 15) is 19.7 Å². The summed E-state index contributed by atoms with van der Waals surface area (Å²) in [6.45, 7) is 0.130. The molecular weight excluding hydrogens is 352 g/mol. The molecule has 20 heavy (non-hydrogen) atoms. The lowest BCUT2D eigenvalue weighted by atomic mass is 10.2. The minimum Gasteiger partial charge on any atom is -0.477 e. The summed E-state index contributed by atoms with van der Waals surface area (Å²) in [5.41, 5.74) is -0.756. The van der Waals surface area contributed by atoms with Crippen LogP contribution < -0.4 is 5.43 Å². The fourth-order valence-corrected chi connectivity index (χ4v) is 2.86. The van der Waals surface area contributed by atoms with Gasteiger partial charge in [-0.15, -0.1) is 11.3 Å². The van der Waals surface area contributed by atoms with Crippen LogP contribution in [0.5, 0.6) is 0 Å². The van der Waals surface area contributed by atoms with Crippen molar-refractivity contribution in [3.05, 3.63) is 59.1 Å². The number of hydrogen-bond acceptors (Lipinski definition) is 5. The van der Waals surface area contributed by atoms with E-state index in [0.29, 0.717) is 5.56 Å². The average molecular weight is 359 g/mol.